The first-order chi connectivity index (χ1) is 13.2. The second-order valence-corrected chi connectivity index (χ2v) is 6.94. The molecule has 3 rings (SSSR count). The Balaban J connectivity index is 1.62. The zero-order valence-electron chi connectivity index (χ0n) is 15.2. The molecule has 1 atom stereocenters. The van der Waals surface area contributed by atoms with E-state index in [-0.39, 0.29) is 6.61 Å². The fraction of sp³-hybridized carbons (Fsp3) is 0.217. The molecule has 1 N–H and O–H groups in total. The molecule has 0 spiro atoms. The highest BCUT2D eigenvalue weighted by Gasteiger charge is 2.14. The van der Waals surface area contributed by atoms with Gasteiger partial charge in [0.2, 0.25) is 0 Å². The molecule has 0 radical (unpaired) electrons. The molecule has 140 valence electrons. The molecule has 4 heteroatoms. The van der Waals surface area contributed by atoms with Gasteiger partial charge in [0.25, 0.3) is 0 Å². The van der Waals surface area contributed by atoms with E-state index in [0.717, 1.165) is 13.1 Å². The maximum absolute atomic E-state index is 10.5. The summed E-state index contributed by atoms with van der Waals surface area (Å²) in [5.74, 6) is 0.593. The van der Waals surface area contributed by atoms with Crippen LogP contribution >= 0.6 is 11.6 Å². The first kappa shape index (κ1) is 19.4. The van der Waals surface area contributed by atoms with E-state index in [9.17, 15) is 5.11 Å². The minimum Gasteiger partial charge on any atom is -0.489 e. The Hall–Kier alpha value is -2.33. The van der Waals surface area contributed by atoms with E-state index >= 15 is 0 Å². The summed E-state index contributed by atoms with van der Waals surface area (Å²) in [6, 6.07) is 27.9. The summed E-state index contributed by atoms with van der Waals surface area (Å²) in [7, 11) is 0. The van der Waals surface area contributed by atoms with Gasteiger partial charge in [0.05, 0.1) is 5.02 Å². The van der Waals surface area contributed by atoms with Crippen LogP contribution < -0.4 is 4.74 Å². The Morgan fingerprint density at radius 2 is 1.30 bits per heavy atom. The maximum atomic E-state index is 10.5. The number of halogens is 1. The zero-order valence-corrected chi connectivity index (χ0v) is 15.9. The maximum Gasteiger partial charge on any atom is 0.138 e. The Morgan fingerprint density at radius 1 is 0.778 bits per heavy atom. The van der Waals surface area contributed by atoms with Gasteiger partial charge >= 0.3 is 0 Å². The largest absolute Gasteiger partial charge is 0.489 e. The van der Waals surface area contributed by atoms with Crippen molar-refractivity contribution in [2.24, 2.45) is 0 Å². The third kappa shape index (κ3) is 6.40. The van der Waals surface area contributed by atoms with Crippen molar-refractivity contribution in [1.82, 2.24) is 4.90 Å². The first-order valence-corrected chi connectivity index (χ1v) is 9.44. The molecular formula is C23H24ClNO2. The van der Waals surface area contributed by atoms with Crippen LogP contribution in [0.2, 0.25) is 5.02 Å². The van der Waals surface area contributed by atoms with Crippen LogP contribution in [-0.4, -0.2) is 29.3 Å². The minimum absolute atomic E-state index is 0.198. The predicted octanol–water partition coefficient (Wildman–Crippen LogP) is 4.78. The lowest BCUT2D eigenvalue weighted by atomic mass is 10.1. The molecule has 0 aliphatic heterocycles. The summed E-state index contributed by atoms with van der Waals surface area (Å²) in [6.45, 7) is 2.23. The number of para-hydroxylation sites is 1. The fourth-order valence-corrected chi connectivity index (χ4v) is 3.16. The van der Waals surface area contributed by atoms with Gasteiger partial charge in [-0.1, -0.05) is 84.4 Å². The van der Waals surface area contributed by atoms with Crippen LogP contribution in [0.15, 0.2) is 84.9 Å². The van der Waals surface area contributed by atoms with Gasteiger partial charge in [-0.25, -0.2) is 0 Å². The second-order valence-electron chi connectivity index (χ2n) is 6.54. The number of ether oxygens (including phenoxy) is 1. The van der Waals surface area contributed by atoms with Crippen molar-refractivity contribution >= 4 is 11.6 Å². The van der Waals surface area contributed by atoms with Crippen LogP contribution in [0.4, 0.5) is 0 Å². The molecule has 0 heterocycles. The van der Waals surface area contributed by atoms with Gasteiger partial charge in [0.1, 0.15) is 18.5 Å². The molecule has 3 aromatic rings. The lowest BCUT2D eigenvalue weighted by Gasteiger charge is -2.25. The van der Waals surface area contributed by atoms with E-state index in [4.69, 9.17) is 16.3 Å². The second kappa shape index (κ2) is 10.1. The molecule has 0 bridgehead atoms. The summed E-state index contributed by atoms with van der Waals surface area (Å²) in [4.78, 5) is 2.23. The molecule has 3 aromatic carbocycles. The zero-order chi connectivity index (χ0) is 18.9. The monoisotopic (exact) mass is 381 g/mol. The van der Waals surface area contributed by atoms with Crippen molar-refractivity contribution in [1.29, 1.82) is 0 Å². The quantitative estimate of drug-likeness (QED) is 0.578. The number of benzene rings is 3. The van der Waals surface area contributed by atoms with Gasteiger partial charge < -0.3 is 9.84 Å². The van der Waals surface area contributed by atoms with E-state index in [1.54, 1.807) is 12.1 Å². The highest BCUT2D eigenvalue weighted by molar-refractivity contribution is 6.32. The summed E-state index contributed by atoms with van der Waals surface area (Å²) in [6.07, 6.45) is -0.617. The Morgan fingerprint density at radius 3 is 1.85 bits per heavy atom. The van der Waals surface area contributed by atoms with Gasteiger partial charge in [0, 0.05) is 19.6 Å². The molecule has 0 amide bonds. The van der Waals surface area contributed by atoms with Crippen molar-refractivity contribution in [3.63, 3.8) is 0 Å². The molecule has 0 unspecified atom stereocenters. The number of hydrogen-bond acceptors (Lipinski definition) is 3. The number of aliphatic hydroxyl groups is 1. The average Bonchev–Trinajstić information content (AvgIpc) is 2.69. The third-order valence-corrected chi connectivity index (χ3v) is 4.55. The van der Waals surface area contributed by atoms with E-state index in [2.05, 4.69) is 29.2 Å². The van der Waals surface area contributed by atoms with Gasteiger partial charge in [0.15, 0.2) is 0 Å². The minimum atomic E-state index is -0.617. The predicted molar refractivity (Wildman–Crippen MR) is 110 cm³/mol. The van der Waals surface area contributed by atoms with Crippen LogP contribution in [0, 0.1) is 0 Å². The van der Waals surface area contributed by atoms with Crippen LogP contribution in [0.3, 0.4) is 0 Å². The number of aliphatic hydroxyl groups excluding tert-OH is 1. The molecule has 0 aliphatic carbocycles. The van der Waals surface area contributed by atoms with Crippen molar-refractivity contribution < 1.29 is 9.84 Å². The molecule has 0 aromatic heterocycles. The van der Waals surface area contributed by atoms with Crippen molar-refractivity contribution in [2.45, 2.75) is 19.2 Å². The number of rotatable bonds is 9. The first-order valence-electron chi connectivity index (χ1n) is 9.06. The van der Waals surface area contributed by atoms with Crippen LogP contribution in [0.1, 0.15) is 11.1 Å². The van der Waals surface area contributed by atoms with E-state index in [0.29, 0.717) is 17.3 Å². The average molecular weight is 382 g/mol. The number of hydrogen-bond donors (Lipinski definition) is 1. The van der Waals surface area contributed by atoms with Crippen LogP contribution in [0.25, 0.3) is 0 Å². The summed E-state index contributed by atoms with van der Waals surface area (Å²) in [5, 5.41) is 11.1. The number of nitrogens with zero attached hydrogens (tertiary/aromatic N) is 1. The highest BCUT2D eigenvalue weighted by atomic mass is 35.5. The molecule has 3 nitrogen and oxygen atoms in total. The molecular weight excluding hydrogens is 358 g/mol. The topological polar surface area (TPSA) is 32.7 Å². The standard InChI is InChI=1S/C23H24ClNO2/c24-22-13-7-8-14-23(22)27-18-21(26)17-25(15-19-9-3-1-4-10-19)16-20-11-5-2-6-12-20/h1-14,21,26H,15-18H2/t21-/m0/s1. The third-order valence-electron chi connectivity index (χ3n) is 4.23. The van der Waals surface area contributed by atoms with E-state index in [1.807, 2.05) is 48.5 Å². The molecule has 0 saturated carbocycles. The van der Waals surface area contributed by atoms with Crippen molar-refractivity contribution in [3.05, 3.63) is 101 Å². The summed E-state index contributed by atoms with van der Waals surface area (Å²) >= 11 is 6.11. The van der Waals surface area contributed by atoms with Gasteiger partial charge in [-0.15, -0.1) is 0 Å². The van der Waals surface area contributed by atoms with E-state index in [1.165, 1.54) is 11.1 Å². The normalized spacial score (nSPS) is 12.1. The lowest BCUT2D eigenvalue weighted by molar-refractivity contribution is 0.0629. The van der Waals surface area contributed by atoms with Gasteiger partial charge in [-0.3, -0.25) is 4.90 Å². The molecule has 0 fully saturated rings. The van der Waals surface area contributed by atoms with Gasteiger partial charge in [-0.05, 0) is 23.3 Å². The Kier molecular flexibility index (Phi) is 7.28. The SMILES string of the molecule is O[C@H](COc1ccccc1Cl)CN(Cc1ccccc1)Cc1ccccc1. The molecule has 0 saturated heterocycles. The fourth-order valence-electron chi connectivity index (χ4n) is 2.97. The van der Waals surface area contributed by atoms with E-state index < -0.39 is 6.10 Å². The van der Waals surface area contributed by atoms with Crippen LogP contribution in [0.5, 0.6) is 5.75 Å². The summed E-state index contributed by atoms with van der Waals surface area (Å²) < 4.78 is 5.69. The smallest absolute Gasteiger partial charge is 0.138 e. The van der Waals surface area contributed by atoms with Crippen LogP contribution in [-0.2, 0) is 13.1 Å². The summed E-state index contributed by atoms with van der Waals surface area (Å²) in [5.41, 5.74) is 2.43. The van der Waals surface area contributed by atoms with Crippen molar-refractivity contribution in [3.8, 4) is 5.75 Å². The van der Waals surface area contributed by atoms with Crippen molar-refractivity contribution in [2.75, 3.05) is 13.2 Å². The Bertz CT molecular complexity index is 769. The molecule has 0 aliphatic rings. The Labute approximate surface area is 165 Å². The highest BCUT2D eigenvalue weighted by Crippen LogP contribution is 2.23. The van der Waals surface area contributed by atoms with Gasteiger partial charge in [-0.2, -0.15) is 0 Å². The lowest BCUT2D eigenvalue weighted by Crippen LogP contribution is -2.35. The molecule has 27 heavy (non-hydrogen) atoms.